The van der Waals surface area contributed by atoms with Crippen molar-refractivity contribution < 1.29 is 14.3 Å². The Morgan fingerprint density at radius 1 is 1.10 bits per heavy atom. The number of fused-ring (bicyclic) bond motifs is 1. The maximum absolute atomic E-state index is 13.1. The first-order valence-electron chi connectivity index (χ1n) is 10.4. The molecule has 1 aromatic heterocycles. The standard InChI is InChI=1S/C24H25N3O3/c1-2-22(29)30-21-11-7-6-10-18(21)20(28)15-13-17-12-14-19-24(26-27-25-19)23(17)16-8-4-3-5-9-16/h2-5,8-9,12,14,18,21H,1,6-7,10-11,13,15H2,(H,25,26,27). The number of rotatable bonds is 7. The Morgan fingerprint density at radius 3 is 2.70 bits per heavy atom. The average molecular weight is 403 g/mol. The van der Waals surface area contributed by atoms with Crippen molar-refractivity contribution in [3.63, 3.8) is 0 Å². The van der Waals surface area contributed by atoms with Gasteiger partial charge in [-0.1, -0.05) is 49.4 Å². The molecule has 2 atom stereocenters. The van der Waals surface area contributed by atoms with Gasteiger partial charge in [0, 0.05) is 18.1 Å². The van der Waals surface area contributed by atoms with Gasteiger partial charge in [-0.05, 0) is 42.9 Å². The van der Waals surface area contributed by atoms with Crippen molar-refractivity contribution >= 4 is 22.8 Å². The van der Waals surface area contributed by atoms with Crippen LogP contribution in [0.15, 0.2) is 55.1 Å². The van der Waals surface area contributed by atoms with Crippen molar-refractivity contribution in [3.05, 3.63) is 60.7 Å². The fourth-order valence-corrected chi connectivity index (χ4v) is 4.34. The molecule has 1 aliphatic carbocycles. The van der Waals surface area contributed by atoms with Crippen LogP contribution in [-0.4, -0.2) is 33.3 Å². The molecule has 1 aliphatic rings. The summed E-state index contributed by atoms with van der Waals surface area (Å²) in [4.78, 5) is 24.7. The van der Waals surface area contributed by atoms with E-state index < -0.39 is 5.97 Å². The number of aryl methyl sites for hydroxylation is 1. The number of benzene rings is 2. The summed E-state index contributed by atoms with van der Waals surface area (Å²) in [6, 6.07) is 14.0. The number of H-pyrrole nitrogens is 1. The molecule has 0 radical (unpaired) electrons. The van der Waals surface area contributed by atoms with Gasteiger partial charge in [-0.15, -0.1) is 0 Å². The topological polar surface area (TPSA) is 84.9 Å². The van der Waals surface area contributed by atoms with Gasteiger partial charge < -0.3 is 4.74 Å². The van der Waals surface area contributed by atoms with Gasteiger partial charge in [0.25, 0.3) is 0 Å². The van der Waals surface area contributed by atoms with Crippen LogP contribution in [0.3, 0.4) is 0 Å². The summed E-state index contributed by atoms with van der Waals surface area (Å²) in [7, 11) is 0. The first-order chi connectivity index (χ1) is 14.7. The zero-order valence-corrected chi connectivity index (χ0v) is 16.8. The molecule has 4 rings (SSSR count). The minimum atomic E-state index is -0.456. The minimum absolute atomic E-state index is 0.149. The van der Waals surface area contributed by atoms with E-state index in [1.165, 1.54) is 0 Å². The van der Waals surface area contributed by atoms with E-state index in [0.717, 1.165) is 59.5 Å². The number of carbonyl (C=O) groups excluding carboxylic acids is 2. The van der Waals surface area contributed by atoms with E-state index in [9.17, 15) is 9.59 Å². The van der Waals surface area contributed by atoms with Crippen LogP contribution in [0.1, 0.15) is 37.7 Å². The van der Waals surface area contributed by atoms with E-state index in [1.807, 2.05) is 42.5 Å². The van der Waals surface area contributed by atoms with Gasteiger partial charge in [-0.25, -0.2) is 4.79 Å². The third-order valence-corrected chi connectivity index (χ3v) is 5.83. The van der Waals surface area contributed by atoms with E-state index in [-0.39, 0.29) is 17.8 Å². The number of aromatic nitrogens is 3. The largest absolute Gasteiger partial charge is 0.458 e. The molecule has 0 aliphatic heterocycles. The van der Waals surface area contributed by atoms with Gasteiger partial charge in [0.05, 0.1) is 5.92 Å². The number of Topliss-reactive ketones (excluding diaryl/α,β-unsaturated/α-hetero) is 1. The summed E-state index contributed by atoms with van der Waals surface area (Å²) in [5.41, 5.74) is 4.73. The summed E-state index contributed by atoms with van der Waals surface area (Å²) in [6.45, 7) is 3.46. The summed E-state index contributed by atoms with van der Waals surface area (Å²) in [6.07, 6.45) is 5.27. The molecule has 0 saturated heterocycles. The Hall–Kier alpha value is -3.28. The van der Waals surface area contributed by atoms with Crippen LogP contribution in [0.25, 0.3) is 22.2 Å². The number of esters is 1. The van der Waals surface area contributed by atoms with Crippen LogP contribution in [0.2, 0.25) is 0 Å². The van der Waals surface area contributed by atoms with E-state index in [4.69, 9.17) is 4.74 Å². The molecule has 30 heavy (non-hydrogen) atoms. The third kappa shape index (κ3) is 4.17. The van der Waals surface area contributed by atoms with Crippen LogP contribution >= 0.6 is 0 Å². The number of nitrogens with one attached hydrogen (secondary N) is 1. The van der Waals surface area contributed by atoms with Crippen LogP contribution in [0.4, 0.5) is 0 Å². The molecule has 2 unspecified atom stereocenters. The monoisotopic (exact) mass is 403 g/mol. The Kier molecular flexibility index (Phi) is 6.02. The number of hydrogen-bond donors (Lipinski definition) is 1. The fourth-order valence-electron chi connectivity index (χ4n) is 4.34. The Bertz CT molecular complexity index is 1060. The maximum atomic E-state index is 13.1. The molecule has 0 bridgehead atoms. The predicted molar refractivity (Wildman–Crippen MR) is 115 cm³/mol. The molecule has 3 aromatic rings. The zero-order chi connectivity index (χ0) is 20.9. The van der Waals surface area contributed by atoms with Gasteiger partial charge in [-0.2, -0.15) is 15.4 Å². The van der Waals surface area contributed by atoms with Crippen LogP contribution in [-0.2, 0) is 20.7 Å². The number of carbonyl (C=O) groups is 2. The van der Waals surface area contributed by atoms with Gasteiger partial charge in [0.2, 0.25) is 0 Å². The average Bonchev–Trinajstić information content (AvgIpc) is 3.26. The molecule has 1 fully saturated rings. The maximum Gasteiger partial charge on any atom is 0.330 e. The van der Waals surface area contributed by atoms with Crippen molar-refractivity contribution in [2.45, 2.75) is 44.6 Å². The highest BCUT2D eigenvalue weighted by atomic mass is 16.5. The van der Waals surface area contributed by atoms with Crippen molar-refractivity contribution in [2.24, 2.45) is 5.92 Å². The SMILES string of the molecule is C=CC(=O)OC1CCCCC1C(=O)CCc1ccc2n[nH]nc2c1-c1ccccc1. The lowest BCUT2D eigenvalue weighted by atomic mass is 9.81. The van der Waals surface area contributed by atoms with Crippen molar-refractivity contribution in [1.82, 2.24) is 15.4 Å². The minimum Gasteiger partial charge on any atom is -0.458 e. The second-order valence-corrected chi connectivity index (χ2v) is 7.69. The smallest absolute Gasteiger partial charge is 0.330 e. The summed E-state index contributed by atoms with van der Waals surface area (Å²) < 4.78 is 5.47. The Morgan fingerprint density at radius 2 is 1.90 bits per heavy atom. The number of nitrogens with zero attached hydrogens (tertiary/aromatic N) is 2. The van der Waals surface area contributed by atoms with Gasteiger partial charge in [0.15, 0.2) is 0 Å². The van der Waals surface area contributed by atoms with Gasteiger partial charge in [-0.3, -0.25) is 4.79 Å². The van der Waals surface area contributed by atoms with E-state index in [0.29, 0.717) is 12.8 Å². The van der Waals surface area contributed by atoms with E-state index in [1.54, 1.807) is 0 Å². The number of ether oxygens (including phenoxy) is 1. The number of hydrogen-bond acceptors (Lipinski definition) is 5. The molecule has 6 nitrogen and oxygen atoms in total. The number of aromatic amines is 1. The second-order valence-electron chi connectivity index (χ2n) is 7.69. The predicted octanol–water partition coefficient (Wildman–Crippen LogP) is 4.41. The summed E-state index contributed by atoms with van der Waals surface area (Å²) in [5.74, 6) is -0.544. The molecule has 1 saturated carbocycles. The van der Waals surface area contributed by atoms with E-state index >= 15 is 0 Å². The molecule has 6 heteroatoms. The lowest BCUT2D eigenvalue weighted by Gasteiger charge is -2.30. The molecule has 154 valence electrons. The molecule has 0 spiro atoms. The molecule has 2 aromatic carbocycles. The normalized spacial score (nSPS) is 18.8. The summed E-state index contributed by atoms with van der Waals surface area (Å²) in [5, 5.41) is 11.2. The highest BCUT2D eigenvalue weighted by Gasteiger charge is 2.33. The van der Waals surface area contributed by atoms with Crippen molar-refractivity contribution in [1.29, 1.82) is 0 Å². The highest BCUT2D eigenvalue weighted by molar-refractivity contribution is 5.93. The van der Waals surface area contributed by atoms with Gasteiger partial charge in [0.1, 0.15) is 22.9 Å². The highest BCUT2D eigenvalue weighted by Crippen LogP contribution is 2.33. The van der Waals surface area contributed by atoms with E-state index in [2.05, 4.69) is 22.0 Å². The molecular formula is C24H25N3O3. The quantitative estimate of drug-likeness (QED) is 0.466. The number of ketones is 1. The molecule has 1 N–H and O–H groups in total. The van der Waals surface area contributed by atoms with Crippen molar-refractivity contribution in [3.8, 4) is 11.1 Å². The lowest BCUT2D eigenvalue weighted by molar-refractivity contribution is -0.150. The molecular weight excluding hydrogens is 378 g/mol. The van der Waals surface area contributed by atoms with Crippen LogP contribution < -0.4 is 0 Å². The molecule has 1 heterocycles. The van der Waals surface area contributed by atoms with Gasteiger partial charge >= 0.3 is 5.97 Å². The summed E-state index contributed by atoms with van der Waals surface area (Å²) >= 11 is 0. The Balaban J connectivity index is 1.55. The fraction of sp³-hybridized carbons (Fsp3) is 0.333. The van der Waals surface area contributed by atoms with Crippen molar-refractivity contribution in [2.75, 3.05) is 0 Å². The third-order valence-electron chi connectivity index (χ3n) is 5.83. The lowest BCUT2D eigenvalue weighted by Crippen LogP contribution is -2.35. The zero-order valence-electron chi connectivity index (χ0n) is 16.8. The van der Waals surface area contributed by atoms with Crippen LogP contribution in [0.5, 0.6) is 0 Å². The second kappa shape index (κ2) is 9.03. The Labute approximate surface area is 175 Å². The first kappa shape index (κ1) is 20.0. The first-order valence-corrected chi connectivity index (χ1v) is 10.4. The molecule has 0 amide bonds. The van der Waals surface area contributed by atoms with Crippen LogP contribution in [0, 0.1) is 5.92 Å².